The molecule has 35 heavy (non-hydrogen) atoms. The number of benzene rings is 3. The highest BCUT2D eigenvalue weighted by Gasteiger charge is 2.27. The second-order valence-electron chi connectivity index (χ2n) is 8.44. The number of likely N-dealkylation sites (tertiary alicyclic amines) is 1. The van der Waals surface area contributed by atoms with Crippen molar-refractivity contribution in [2.24, 2.45) is 0 Å². The standard InChI is InChI=1S/C28H31N3O4/c1-3-35-25-14-8-20(9-15-25)26-5-4-18-31(26)19-27(32)29-22-10-6-21(7-11-22)28(33)30-23-12-16-24(34-2)17-13-23/h6-17,26H,3-5,18-19H2,1-2H3,(H,29,32)(H,30,33). The van der Waals surface area contributed by atoms with Crippen molar-refractivity contribution in [1.82, 2.24) is 4.90 Å². The van der Waals surface area contributed by atoms with Gasteiger partial charge in [0.05, 0.1) is 20.3 Å². The maximum absolute atomic E-state index is 12.7. The van der Waals surface area contributed by atoms with Gasteiger partial charge in [0.2, 0.25) is 5.91 Å². The molecule has 1 aliphatic rings. The minimum absolute atomic E-state index is 0.0710. The van der Waals surface area contributed by atoms with Crippen molar-refractivity contribution in [2.45, 2.75) is 25.8 Å². The normalized spacial score (nSPS) is 15.4. The number of hydrogen-bond donors (Lipinski definition) is 2. The zero-order valence-electron chi connectivity index (χ0n) is 20.1. The quantitative estimate of drug-likeness (QED) is 0.451. The molecule has 182 valence electrons. The molecule has 2 amide bonds. The fraction of sp³-hybridized carbons (Fsp3) is 0.286. The molecular formula is C28H31N3O4. The number of carbonyl (C=O) groups excluding carboxylic acids is 2. The third-order valence-electron chi connectivity index (χ3n) is 6.06. The van der Waals surface area contributed by atoms with E-state index in [9.17, 15) is 9.59 Å². The number of rotatable bonds is 9. The zero-order valence-corrected chi connectivity index (χ0v) is 20.1. The van der Waals surface area contributed by atoms with E-state index in [1.165, 1.54) is 5.56 Å². The van der Waals surface area contributed by atoms with E-state index in [0.29, 0.717) is 30.1 Å². The Morgan fingerprint density at radius 3 is 2.17 bits per heavy atom. The Kier molecular flexibility index (Phi) is 8.00. The van der Waals surface area contributed by atoms with Gasteiger partial charge in [-0.3, -0.25) is 14.5 Å². The van der Waals surface area contributed by atoms with Gasteiger partial charge in [0.15, 0.2) is 0 Å². The van der Waals surface area contributed by atoms with Gasteiger partial charge >= 0.3 is 0 Å². The summed E-state index contributed by atoms with van der Waals surface area (Å²) in [5.74, 6) is 1.30. The summed E-state index contributed by atoms with van der Waals surface area (Å²) in [6, 6.07) is 22.4. The molecule has 1 fully saturated rings. The molecule has 1 atom stereocenters. The summed E-state index contributed by atoms with van der Waals surface area (Å²) in [4.78, 5) is 27.5. The summed E-state index contributed by atoms with van der Waals surface area (Å²) in [5, 5.41) is 5.80. The van der Waals surface area contributed by atoms with E-state index in [1.54, 1.807) is 55.6 Å². The van der Waals surface area contributed by atoms with Crippen LogP contribution in [0.15, 0.2) is 72.8 Å². The van der Waals surface area contributed by atoms with E-state index in [4.69, 9.17) is 9.47 Å². The fourth-order valence-corrected chi connectivity index (χ4v) is 4.31. The van der Waals surface area contributed by atoms with Gasteiger partial charge in [-0.25, -0.2) is 0 Å². The first-order chi connectivity index (χ1) is 17.1. The first-order valence-corrected chi connectivity index (χ1v) is 11.9. The summed E-state index contributed by atoms with van der Waals surface area (Å²) in [7, 11) is 1.60. The molecule has 0 bridgehead atoms. The topological polar surface area (TPSA) is 79.9 Å². The largest absolute Gasteiger partial charge is 0.497 e. The summed E-state index contributed by atoms with van der Waals surface area (Å²) in [5.41, 5.74) is 3.05. The number of nitrogens with zero attached hydrogens (tertiary/aromatic N) is 1. The smallest absolute Gasteiger partial charge is 0.255 e. The first-order valence-electron chi connectivity index (χ1n) is 11.9. The SMILES string of the molecule is CCOc1ccc(C2CCCN2CC(=O)Nc2ccc(C(=O)Nc3ccc(OC)cc3)cc2)cc1. The van der Waals surface area contributed by atoms with Crippen LogP contribution < -0.4 is 20.1 Å². The lowest BCUT2D eigenvalue weighted by Gasteiger charge is -2.24. The second kappa shape index (κ2) is 11.5. The fourth-order valence-electron chi connectivity index (χ4n) is 4.31. The Hall–Kier alpha value is -3.84. The molecule has 7 heteroatoms. The van der Waals surface area contributed by atoms with Gasteiger partial charge in [0.1, 0.15) is 11.5 Å². The van der Waals surface area contributed by atoms with Crippen LogP contribution in [0.5, 0.6) is 11.5 Å². The first kappa shape index (κ1) is 24.3. The molecular weight excluding hydrogens is 442 g/mol. The van der Waals surface area contributed by atoms with E-state index >= 15 is 0 Å². The molecule has 2 N–H and O–H groups in total. The Balaban J connectivity index is 1.31. The van der Waals surface area contributed by atoms with E-state index in [-0.39, 0.29) is 17.9 Å². The molecule has 3 aromatic carbocycles. The molecule has 4 rings (SSSR count). The Labute approximate surface area is 206 Å². The van der Waals surface area contributed by atoms with Crippen LogP contribution in [0.4, 0.5) is 11.4 Å². The van der Waals surface area contributed by atoms with Crippen LogP contribution in [-0.2, 0) is 4.79 Å². The average Bonchev–Trinajstić information content (AvgIpc) is 3.33. The lowest BCUT2D eigenvalue weighted by molar-refractivity contribution is -0.117. The molecule has 1 unspecified atom stereocenters. The molecule has 0 aliphatic carbocycles. The average molecular weight is 474 g/mol. The van der Waals surface area contributed by atoms with Crippen LogP contribution in [0.1, 0.15) is 41.7 Å². The van der Waals surface area contributed by atoms with Crippen molar-refractivity contribution in [2.75, 3.05) is 37.4 Å². The van der Waals surface area contributed by atoms with Gasteiger partial charge < -0.3 is 20.1 Å². The number of hydrogen-bond acceptors (Lipinski definition) is 5. The molecule has 0 aromatic heterocycles. The van der Waals surface area contributed by atoms with Crippen molar-refractivity contribution in [3.05, 3.63) is 83.9 Å². The molecule has 0 spiro atoms. The van der Waals surface area contributed by atoms with E-state index in [1.807, 2.05) is 19.1 Å². The predicted molar refractivity (Wildman–Crippen MR) is 137 cm³/mol. The summed E-state index contributed by atoms with van der Waals surface area (Å²) in [6.07, 6.45) is 2.09. The Bertz CT molecular complexity index is 1130. The van der Waals surface area contributed by atoms with Crippen molar-refractivity contribution < 1.29 is 19.1 Å². The van der Waals surface area contributed by atoms with Crippen molar-refractivity contribution >= 4 is 23.2 Å². The highest BCUT2D eigenvalue weighted by atomic mass is 16.5. The van der Waals surface area contributed by atoms with Gasteiger partial charge in [0.25, 0.3) is 5.91 Å². The van der Waals surface area contributed by atoms with Crippen molar-refractivity contribution in [3.8, 4) is 11.5 Å². The number of nitrogens with one attached hydrogen (secondary N) is 2. The van der Waals surface area contributed by atoms with Crippen LogP contribution in [0.3, 0.4) is 0 Å². The van der Waals surface area contributed by atoms with Crippen molar-refractivity contribution in [3.63, 3.8) is 0 Å². The molecule has 1 heterocycles. The molecule has 3 aromatic rings. The Morgan fingerprint density at radius 2 is 1.51 bits per heavy atom. The number of anilines is 2. The summed E-state index contributed by atoms with van der Waals surface area (Å²) in [6.45, 7) is 3.81. The number of methoxy groups -OCH3 is 1. The van der Waals surface area contributed by atoms with Crippen LogP contribution in [-0.4, -0.2) is 43.5 Å². The second-order valence-corrected chi connectivity index (χ2v) is 8.44. The molecule has 0 radical (unpaired) electrons. The molecule has 1 aliphatic heterocycles. The number of ether oxygens (including phenoxy) is 2. The third-order valence-corrected chi connectivity index (χ3v) is 6.06. The molecule has 0 saturated carbocycles. The van der Waals surface area contributed by atoms with E-state index in [2.05, 4.69) is 27.7 Å². The van der Waals surface area contributed by atoms with Crippen LogP contribution in [0, 0.1) is 0 Å². The van der Waals surface area contributed by atoms with Gasteiger partial charge in [-0.05, 0) is 92.5 Å². The minimum atomic E-state index is -0.219. The predicted octanol–water partition coefficient (Wildman–Crippen LogP) is 5.12. The third kappa shape index (κ3) is 6.39. The minimum Gasteiger partial charge on any atom is -0.497 e. The molecule has 7 nitrogen and oxygen atoms in total. The molecule has 1 saturated heterocycles. The highest BCUT2D eigenvalue weighted by Crippen LogP contribution is 2.32. The van der Waals surface area contributed by atoms with Crippen LogP contribution in [0.25, 0.3) is 0 Å². The maximum atomic E-state index is 12.7. The lowest BCUT2D eigenvalue weighted by atomic mass is 10.0. The highest BCUT2D eigenvalue weighted by molar-refractivity contribution is 6.04. The van der Waals surface area contributed by atoms with Gasteiger partial charge in [-0.2, -0.15) is 0 Å². The van der Waals surface area contributed by atoms with Gasteiger partial charge in [-0.15, -0.1) is 0 Å². The van der Waals surface area contributed by atoms with Crippen LogP contribution >= 0.6 is 0 Å². The number of carbonyl (C=O) groups is 2. The lowest BCUT2D eigenvalue weighted by Crippen LogP contribution is -2.32. The monoisotopic (exact) mass is 473 g/mol. The number of amides is 2. The van der Waals surface area contributed by atoms with Crippen molar-refractivity contribution in [1.29, 1.82) is 0 Å². The zero-order chi connectivity index (χ0) is 24.6. The van der Waals surface area contributed by atoms with Gasteiger partial charge in [0, 0.05) is 23.0 Å². The van der Waals surface area contributed by atoms with Gasteiger partial charge in [-0.1, -0.05) is 12.1 Å². The van der Waals surface area contributed by atoms with Crippen LogP contribution in [0.2, 0.25) is 0 Å². The summed E-state index contributed by atoms with van der Waals surface area (Å²) < 4.78 is 10.7. The Morgan fingerprint density at radius 1 is 0.886 bits per heavy atom. The summed E-state index contributed by atoms with van der Waals surface area (Å²) >= 11 is 0. The van der Waals surface area contributed by atoms with E-state index in [0.717, 1.165) is 30.9 Å². The van der Waals surface area contributed by atoms with E-state index < -0.39 is 0 Å². The maximum Gasteiger partial charge on any atom is 0.255 e.